The van der Waals surface area contributed by atoms with Crippen LogP contribution in [-0.4, -0.2) is 43.1 Å². The Morgan fingerprint density at radius 2 is 1.86 bits per heavy atom. The Morgan fingerprint density at radius 1 is 1.16 bits per heavy atom. The fourth-order valence-corrected chi connectivity index (χ4v) is 8.95. The van der Waals surface area contributed by atoms with Crippen LogP contribution in [0.5, 0.6) is 0 Å². The Balaban J connectivity index is 0.000000238. The first-order valence-corrected chi connectivity index (χ1v) is 17.5. The number of methoxy groups -OCH3 is 1. The van der Waals surface area contributed by atoms with Crippen molar-refractivity contribution in [1.82, 2.24) is 0 Å². The molecule has 43 heavy (non-hydrogen) atoms. The molecule has 0 N–H and O–H groups in total. The number of rotatable bonds is 4. The van der Waals surface area contributed by atoms with Crippen LogP contribution < -0.4 is 4.90 Å². The fourth-order valence-electron chi connectivity index (χ4n) is 7.55. The summed E-state index contributed by atoms with van der Waals surface area (Å²) in [6.45, 7) is 15.2. The van der Waals surface area contributed by atoms with E-state index in [2.05, 4.69) is 20.8 Å². The molecule has 0 spiro atoms. The molecule has 4 nitrogen and oxygen atoms in total. The molecular weight excluding hydrogens is 569 g/mol. The van der Waals surface area contributed by atoms with E-state index in [0.717, 1.165) is 42.7 Å². The van der Waals surface area contributed by atoms with Gasteiger partial charge in [0, 0.05) is 30.9 Å². The van der Waals surface area contributed by atoms with Crippen molar-refractivity contribution < 1.29 is 22.7 Å². The third-order valence-electron chi connectivity index (χ3n) is 9.84. The summed E-state index contributed by atoms with van der Waals surface area (Å²) >= 11 is 2.01. The van der Waals surface area contributed by atoms with E-state index in [1.54, 1.807) is 6.92 Å². The largest absolute Gasteiger partial charge is 0.416 e. The van der Waals surface area contributed by atoms with E-state index in [1.165, 1.54) is 56.1 Å². The summed E-state index contributed by atoms with van der Waals surface area (Å²) in [6, 6.07) is 5.57. The number of carbonyl (C=O) groups excluding carboxylic acids is 1. The Hall–Kier alpha value is -1.72. The van der Waals surface area contributed by atoms with E-state index in [0.29, 0.717) is 35.6 Å². The van der Waals surface area contributed by atoms with Crippen LogP contribution >= 0.6 is 11.8 Å². The van der Waals surface area contributed by atoms with Gasteiger partial charge in [0.05, 0.1) is 22.9 Å². The monoisotopic (exact) mass is 624 g/mol. The molecule has 2 aliphatic heterocycles. The van der Waals surface area contributed by atoms with Crippen molar-refractivity contribution in [1.29, 1.82) is 5.26 Å². The molecule has 7 atom stereocenters. The molecule has 2 saturated carbocycles. The van der Waals surface area contributed by atoms with Crippen LogP contribution in [0.1, 0.15) is 111 Å². The number of halogens is 3. The molecular formula is C35H55F3N2O2S. The van der Waals surface area contributed by atoms with Gasteiger partial charge in [0.25, 0.3) is 0 Å². The molecule has 0 amide bonds. The highest BCUT2D eigenvalue weighted by Crippen LogP contribution is 2.56. The van der Waals surface area contributed by atoms with Gasteiger partial charge < -0.3 is 9.64 Å². The van der Waals surface area contributed by atoms with Gasteiger partial charge in [-0.25, -0.2) is 0 Å². The lowest BCUT2D eigenvalue weighted by Crippen LogP contribution is -2.29. The number of thioether (sulfide) groups is 1. The molecule has 0 bridgehead atoms. The Kier molecular flexibility index (Phi) is 14.9. The van der Waals surface area contributed by atoms with Gasteiger partial charge in [-0.1, -0.05) is 48.0 Å². The number of nitriles is 1. The van der Waals surface area contributed by atoms with Crippen molar-refractivity contribution in [2.24, 2.45) is 29.1 Å². The number of alkyl halides is 3. The highest BCUT2D eigenvalue weighted by molar-refractivity contribution is 7.99. The van der Waals surface area contributed by atoms with E-state index >= 15 is 0 Å². The zero-order chi connectivity index (χ0) is 32.4. The number of nitrogens with zero attached hydrogens (tertiary/aromatic N) is 2. The van der Waals surface area contributed by atoms with Crippen molar-refractivity contribution in [3.8, 4) is 6.07 Å². The molecule has 2 heterocycles. The number of ketones is 1. The van der Waals surface area contributed by atoms with Gasteiger partial charge >= 0.3 is 6.18 Å². The second-order valence-electron chi connectivity index (χ2n) is 12.9. The summed E-state index contributed by atoms with van der Waals surface area (Å²) in [7, 11) is 1.81. The van der Waals surface area contributed by atoms with Gasteiger partial charge in [-0.2, -0.15) is 30.2 Å². The Labute approximate surface area is 263 Å². The number of hydrogen-bond acceptors (Lipinski definition) is 5. The maximum atomic E-state index is 12.8. The van der Waals surface area contributed by atoms with Gasteiger partial charge in [0.1, 0.15) is 11.9 Å². The summed E-state index contributed by atoms with van der Waals surface area (Å²) in [5.74, 6) is 5.72. The minimum Gasteiger partial charge on any atom is -0.380 e. The molecule has 244 valence electrons. The molecule has 7 unspecified atom stereocenters. The number of anilines is 1. The van der Waals surface area contributed by atoms with Gasteiger partial charge in [-0.15, -0.1) is 0 Å². The first-order chi connectivity index (χ1) is 20.4. The van der Waals surface area contributed by atoms with Gasteiger partial charge in [0.15, 0.2) is 0 Å². The lowest BCUT2D eigenvalue weighted by atomic mass is 9.77. The van der Waals surface area contributed by atoms with Crippen LogP contribution in [0.4, 0.5) is 18.9 Å². The van der Waals surface area contributed by atoms with Crippen molar-refractivity contribution in [2.75, 3.05) is 30.1 Å². The van der Waals surface area contributed by atoms with E-state index in [9.17, 15) is 18.0 Å². The first-order valence-electron chi connectivity index (χ1n) is 16.4. The Morgan fingerprint density at radius 3 is 2.37 bits per heavy atom. The average Bonchev–Trinajstić information content (AvgIpc) is 3.66. The van der Waals surface area contributed by atoms with Crippen LogP contribution in [0.25, 0.3) is 0 Å². The number of benzene rings is 1. The molecule has 2 aliphatic carbocycles. The predicted molar refractivity (Wildman–Crippen MR) is 173 cm³/mol. The van der Waals surface area contributed by atoms with E-state index in [4.69, 9.17) is 10.00 Å². The molecule has 0 radical (unpaired) electrons. The molecule has 1 aromatic carbocycles. The molecule has 5 rings (SSSR count). The van der Waals surface area contributed by atoms with Crippen molar-refractivity contribution in [3.05, 3.63) is 29.3 Å². The summed E-state index contributed by atoms with van der Waals surface area (Å²) in [4.78, 5) is 13.6. The fraction of sp³-hybridized carbons (Fsp3) is 0.771. The minimum absolute atomic E-state index is 0.138. The van der Waals surface area contributed by atoms with Crippen molar-refractivity contribution in [3.63, 3.8) is 0 Å². The smallest absolute Gasteiger partial charge is 0.380 e. The first kappa shape index (κ1) is 37.5. The SMILES string of the molecule is CC.CC(=O)C12CCCC1CC(C)C2.CCC1CC(C)CN1c1cc(C(F)(F)F)ccc1C#N.COC1CSCCC1C. The molecule has 0 aromatic heterocycles. The predicted octanol–water partition coefficient (Wildman–Crippen LogP) is 9.79. The number of carbonyl (C=O) groups is 1. The standard InChI is InChI=1S/C15H17F3N2.C11H18O.C7H14OS.C2H6/c1-3-13-6-10(2)9-20(13)14-7-12(15(16,17)18)5-4-11(14)8-19;1-8-6-10-4-3-5-11(10,7-8)9(2)12;1-6-3-4-9-5-7(6)8-2;1-2/h4-5,7,10,13H,3,6,9H2,1-2H3;8,10H,3-7H2,1-2H3;6-7H,3-5H2,1-2H3;1-2H3. The van der Waals surface area contributed by atoms with Gasteiger partial charge in [-0.05, 0) is 99.5 Å². The summed E-state index contributed by atoms with van der Waals surface area (Å²) in [6.07, 6.45) is 5.54. The normalized spacial score (nSPS) is 31.3. The van der Waals surface area contributed by atoms with E-state index in [1.807, 2.05) is 50.6 Å². The minimum atomic E-state index is -4.38. The quantitative estimate of drug-likeness (QED) is 0.334. The highest BCUT2D eigenvalue weighted by Gasteiger charge is 2.51. The number of hydrogen-bond donors (Lipinski definition) is 0. The van der Waals surface area contributed by atoms with Crippen LogP contribution in [0.15, 0.2) is 18.2 Å². The van der Waals surface area contributed by atoms with Gasteiger partial charge in [-0.3, -0.25) is 4.79 Å². The zero-order valence-corrected chi connectivity index (χ0v) is 28.5. The van der Waals surface area contributed by atoms with Crippen molar-refractivity contribution in [2.45, 2.75) is 118 Å². The summed E-state index contributed by atoms with van der Waals surface area (Å²) in [5.41, 5.74) is 0.171. The molecule has 8 heteroatoms. The topological polar surface area (TPSA) is 53.3 Å². The number of Topliss-reactive ketones (excluding diaryl/α,β-unsaturated/α-hetero) is 1. The van der Waals surface area contributed by atoms with E-state index < -0.39 is 11.7 Å². The lowest BCUT2D eigenvalue weighted by Gasteiger charge is -2.27. The van der Waals surface area contributed by atoms with Crippen LogP contribution in [0.2, 0.25) is 0 Å². The van der Waals surface area contributed by atoms with Crippen LogP contribution in [-0.2, 0) is 15.7 Å². The number of fused-ring (bicyclic) bond motifs is 1. The van der Waals surface area contributed by atoms with Crippen LogP contribution in [0.3, 0.4) is 0 Å². The maximum Gasteiger partial charge on any atom is 0.416 e. The van der Waals surface area contributed by atoms with Crippen LogP contribution in [0, 0.1) is 40.4 Å². The zero-order valence-electron chi connectivity index (χ0n) is 27.7. The van der Waals surface area contributed by atoms with E-state index in [-0.39, 0.29) is 11.5 Å². The molecule has 1 aromatic rings. The molecule has 4 aliphatic rings. The van der Waals surface area contributed by atoms with Crippen molar-refractivity contribution >= 4 is 23.2 Å². The van der Waals surface area contributed by atoms with Gasteiger partial charge in [0.2, 0.25) is 0 Å². The third kappa shape index (κ3) is 9.63. The maximum absolute atomic E-state index is 12.8. The highest BCUT2D eigenvalue weighted by atomic mass is 32.2. The Bertz CT molecular complexity index is 1060. The lowest BCUT2D eigenvalue weighted by molar-refractivity contribution is -0.137. The second-order valence-corrected chi connectivity index (χ2v) is 14.0. The average molecular weight is 625 g/mol. The third-order valence-corrected chi connectivity index (χ3v) is 10.9. The summed E-state index contributed by atoms with van der Waals surface area (Å²) in [5, 5.41) is 9.14. The summed E-state index contributed by atoms with van der Waals surface area (Å²) < 4.78 is 43.8. The number of ether oxygens (including phenoxy) is 1. The second kappa shape index (κ2) is 17.1. The molecule has 4 fully saturated rings. The molecule has 2 saturated heterocycles.